The Morgan fingerprint density at radius 1 is 1.10 bits per heavy atom. The number of ether oxygens (including phenoxy) is 1. The lowest BCUT2D eigenvalue weighted by atomic mass is 10.1. The summed E-state index contributed by atoms with van der Waals surface area (Å²) in [5.41, 5.74) is 4.15. The van der Waals surface area contributed by atoms with E-state index in [0.29, 0.717) is 17.8 Å². The molecule has 7 heteroatoms. The van der Waals surface area contributed by atoms with Crippen LogP contribution in [0.4, 0.5) is 5.82 Å². The molecule has 1 aliphatic rings. The van der Waals surface area contributed by atoms with Crippen molar-refractivity contribution in [3.05, 3.63) is 66.2 Å². The third-order valence-electron chi connectivity index (χ3n) is 5.16. The minimum absolute atomic E-state index is 0. The van der Waals surface area contributed by atoms with E-state index in [0.717, 1.165) is 35.6 Å². The van der Waals surface area contributed by atoms with Gasteiger partial charge in [-0.3, -0.25) is 0 Å². The molecule has 0 saturated heterocycles. The van der Waals surface area contributed by atoms with Crippen LogP contribution in [0.1, 0.15) is 18.7 Å². The van der Waals surface area contributed by atoms with Crippen molar-refractivity contribution in [2.45, 2.75) is 20.4 Å². The zero-order valence-corrected chi connectivity index (χ0v) is 15.4. The van der Waals surface area contributed by atoms with Crippen molar-refractivity contribution in [2.75, 3.05) is 18.6 Å². The van der Waals surface area contributed by atoms with Crippen LogP contribution in [0, 0.1) is 0 Å². The third kappa shape index (κ3) is 3.14. The highest BCUT2D eigenvalue weighted by molar-refractivity contribution is 5.92. The first kappa shape index (κ1) is 18.7. The number of phenolic OH excluding ortho intramolecular Hbond substituents is 1. The quantitative estimate of drug-likeness (QED) is 0.575. The second-order valence-electron chi connectivity index (χ2n) is 6.77. The zero-order valence-electron chi connectivity index (χ0n) is 15.4. The number of nitrogens with zero attached hydrogens (tertiary/aromatic N) is 5. The van der Waals surface area contributed by atoms with Crippen LogP contribution in [0.3, 0.4) is 0 Å². The lowest BCUT2D eigenvalue weighted by molar-refractivity contribution is 0.374. The van der Waals surface area contributed by atoms with E-state index in [2.05, 4.69) is 32.1 Å². The van der Waals surface area contributed by atoms with Gasteiger partial charge in [0.25, 0.3) is 0 Å². The Kier molecular flexibility index (Phi) is 4.80. The fourth-order valence-corrected chi connectivity index (χ4v) is 3.75. The minimum atomic E-state index is 0. The molecule has 0 atom stereocenters. The molecule has 0 saturated carbocycles. The van der Waals surface area contributed by atoms with Gasteiger partial charge in [-0.1, -0.05) is 25.6 Å². The summed E-state index contributed by atoms with van der Waals surface area (Å²) in [4.78, 5) is 11.1. The van der Waals surface area contributed by atoms with E-state index in [-0.39, 0.29) is 13.2 Å². The van der Waals surface area contributed by atoms with E-state index in [1.807, 2.05) is 29.1 Å². The SMILES string of the molecule is C.COc1cc2c(N3CCc4cnn(-c5ccccc5)c4C3)ncnc2cc1O. The maximum Gasteiger partial charge on any atom is 0.161 e. The molecule has 0 spiro atoms. The fraction of sp³-hybridized carbons (Fsp3) is 0.227. The average molecular weight is 389 g/mol. The van der Waals surface area contributed by atoms with Crippen molar-refractivity contribution in [1.29, 1.82) is 0 Å². The molecule has 0 unspecified atom stereocenters. The van der Waals surface area contributed by atoms with Crippen molar-refractivity contribution < 1.29 is 9.84 Å². The van der Waals surface area contributed by atoms with E-state index in [1.165, 1.54) is 19.0 Å². The standard InChI is InChI=1S/C21H19N5O2.CH4/c1-28-20-9-16-17(10-19(20)27)22-13-23-21(16)25-8-7-14-11-24-26(18(14)12-25)15-5-3-2-4-6-15;/h2-6,9-11,13,27H,7-8,12H2,1H3;1H4. The molecular formula is C22H23N5O2. The molecule has 0 bridgehead atoms. The van der Waals surface area contributed by atoms with Crippen molar-refractivity contribution in [1.82, 2.24) is 19.7 Å². The van der Waals surface area contributed by atoms with Gasteiger partial charge in [-0.05, 0) is 30.2 Å². The molecule has 29 heavy (non-hydrogen) atoms. The van der Waals surface area contributed by atoms with Gasteiger partial charge in [-0.15, -0.1) is 0 Å². The van der Waals surface area contributed by atoms with Crippen LogP contribution in [0.15, 0.2) is 55.0 Å². The third-order valence-corrected chi connectivity index (χ3v) is 5.16. The van der Waals surface area contributed by atoms with Gasteiger partial charge in [-0.2, -0.15) is 5.10 Å². The van der Waals surface area contributed by atoms with E-state index < -0.39 is 0 Å². The number of rotatable bonds is 3. The van der Waals surface area contributed by atoms with Gasteiger partial charge in [0, 0.05) is 18.0 Å². The van der Waals surface area contributed by atoms with Crippen LogP contribution in [0.5, 0.6) is 11.5 Å². The predicted octanol–water partition coefficient (Wildman–Crippen LogP) is 3.73. The number of hydrogen-bond donors (Lipinski definition) is 1. The number of hydrogen-bond acceptors (Lipinski definition) is 6. The maximum atomic E-state index is 10.1. The maximum absolute atomic E-state index is 10.1. The van der Waals surface area contributed by atoms with Gasteiger partial charge in [-0.25, -0.2) is 14.6 Å². The van der Waals surface area contributed by atoms with Crippen molar-refractivity contribution in [2.24, 2.45) is 0 Å². The van der Waals surface area contributed by atoms with Crippen LogP contribution in [-0.2, 0) is 13.0 Å². The molecule has 0 radical (unpaired) electrons. The number of methoxy groups -OCH3 is 1. The zero-order chi connectivity index (χ0) is 19.1. The monoisotopic (exact) mass is 389 g/mol. The predicted molar refractivity (Wildman–Crippen MR) is 113 cm³/mol. The Labute approximate surface area is 169 Å². The number of para-hydroxylation sites is 1. The minimum Gasteiger partial charge on any atom is -0.504 e. The van der Waals surface area contributed by atoms with Crippen LogP contribution in [-0.4, -0.2) is 38.5 Å². The molecule has 1 aliphatic heterocycles. The topological polar surface area (TPSA) is 76.3 Å². The molecule has 0 amide bonds. The van der Waals surface area contributed by atoms with Crippen molar-refractivity contribution >= 4 is 16.7 Å². The highest BCUT2D eigenvalue weighted by Gasteiger charge is 2.24. The van der Waals surface area contributed by atoms with Gasteiger partial charge in [0.1, 0.15) is 12.1 Å². The van der Waals surface area contributed by atoms with Crippen LogP contribution in [0.2, 0.25) is 0 Å². The normalized spacial score (nSPS) is 13.1. The summed E-state index contributed by atoms with van der Waals surface area (Å²) in [6.07, 6.45) is 4.38. The second kappa shape index (κ2) is 7.43. The number of anilines is 1. The van der Waals surface area contributed by atoms with Crippen LogP contribution in [0.25, 0.3) is 16.6 Å². The molecule has 0 fully saturated rings. The highest BCUT2D eigenvalue weighted by atomic mass is 16.5. The van der Waals surface area contributed by atoms with Crippen LogP contribution >= 0.6 is 0 Å². The summed E-state index contributed by atoms with van der Waals surface area (Å²) in [6, 6.07) is 13.6. The molecule has 0 aliphatic carbocycles. The molecule has 5 rings (SSSR count). The average Bonchev–Trinajstić information content (AvgIpc) is 3.16. The summed E-state index contributed by atoms with van der Waals surface area (Å²) in [5, 5.41) is 15.5. The number of benzene rings is 2. The Balaban J connectivity index is 0.00000205. The molecule has 4 aromatic rings. The largest absolute Gasteiger partial charge is 0.504 e. The summed E-state index contributed by atoms with van der Waals surface area (Å²) in [5.74, 6) is 1.31. The molecule has 3 heterocycles. The number of aromatic nitrogens is 4. The Hall–Kier alpha value is -3.61. The fourth-order valence-electron chi connectivity index (χ4n) is 3.75. The molecule has 2 aromatic carbocycles. The molecular weight excluding hydrogens is 366 g/mol. The molecule has 2 aromatic heterocycles. The van der Waals surface area contributed by atoms with Gasteiger partial charge < -0.3 is 14.7 Å². The number of phenols is 1. The van der Waals surface area contributed by atoms with E-state index >= 15 is 0 Å². The van der Waals surface area contributed by atoms with Gasteiger partial charge in [0.15, 0.2) is 11.5 Å². The summed E-state index contributed by atoms with van der Waals surface area (Å²) in [6.45, 7) is 1.53. The van der Waals surface area contributed by atoms with Crippen molar-refractivity contribution in [3.63, 3.8) is 0 Å². The van der Waals surface area contributed by atoms with E-state index in [9.17, 15) is 5.11 Å². The smallest absolute Gasteiger partial charge is 0.161 e. The first-order valence-electron chi connectivity index (χ1n) is 9.12. The van der Waals surface area contributed by atoms with Gasteiger partial charge >= 0.3 is 0 Å². The second-order valence-corrected chi connectivity index (χ2v) is 6.77. The molecule has 7 nitrogen and oxygen atoms in total. The summed E-state index contributed by atoms with van der Waals surface area (Å²) in [7, 11) is 1.54. The molecule has 148 valence electrons. The Morgan fingerprint density at radius 2 is 1.93 bits per heavy atom. The van der Waals surface area contributed by atoms with Crippen LogP contribution < -0.4 is 9.64 Å². The molecule has 1 N–H and O–H groups in total. The summed E-state index contributed by atoms with van der Waals surface area (Å²) < 4.78 is 7.28. The lowest BCUT2D eigenvalue weighted by Gasteiger charge is -2.29. The first-order chi connectivity index (χ1) is 13.7. The van der Waals surface area contributed by atoms with Crippen molar-refractivity contribution in [3.8, 4) is 17.2 Å². The van der Waals surface area contributed by atoms with E-state index in [4.69, 9.17) is 4.74 Å². The Bertz CT molecular complexity index is 1160. The number of aromatic hydroxyl groups is 1. The number of fused-ring (bicyclic) bond motifs is 2. The van der Waals surface area contributed by atoms with Gasteiger partial charge in [0.05, 0.1) is 36.7 Å². The van der Waals surface area contributed by atoms with E-state index in [1.54, 1.807) is 12.1 Å². The first-order valence-corrected chi connectivity index (χ1v) is 9.12. The lowest BCUT2D eigenvalue weighted by Crippen LogP contribution is -2.32. The highest BCUT2D eigenvalue weighted by Crippen LogP contribution is 2.35. The van der Waals surface area contributed by atoms with Gasteiger partial charge in [0.2, 0.25) is 0 Å². The Morgan fingerprint density at radius 3 is 2.72 bits per heavy atom. The summed E-state index contributed by atoms with van der Waals surface area (Å²) >= 11 is 0.